The predicted octanol–water partition coefficient (Wildman–Crippen LogP) is 1.08. The minimum Gasteiger partial charge on any atom is -0.390 e. The SMILES string of the molecule is CNCC(O)CN(C)C1CCC(C)CC1. The second-order valence-corrected chi connectivity index (χ2v) is 5.06. The Kier molecular flexibility index (Phi) is 5.58. The van der Waals surface area contributed by atoms with Gasteiger partial charge in [-0.2, -0.15) is 0 Å². The summed E-state index contributed by atoms with van der Waals surface area (Å²) in [6.45, 7) is 3.82. The van der Waals surface area contributed by atoms with Crippen LogP contribution in [0.3, 0.4) is 0 Å². The van der Waals surface area contributed by atoms with Crippen molar-refractivity contribution in [2.45, 2.75) is 44.8 Å². The van der Waals surface area contributed by atoms with Crippen LogP contribution >= 0.6 is 0 Å². The smallest absolute Gasteiger partial charge is 0.0791 e. The van der Waals surface area contributed by atoms with Gasteiger partial charge in [0, 0.05) is 19.1 Å². The Morgan fingerprint density at radius 1 is 1.33 bits per heavy atom. The third-order valence-corrected chi connectivity index (χ3v) is 3.55. The summed E-state index contributed by atoms with van der Waals surface area (Å²) in [5.74, 6) is 0.900. The molecule has 15 heavy (non-hydrogen) atoms. The number of rotatable bonds is 5. The van der Waals surface area contributed by atoms with Crippen LogP contribution in [-0.4, -0.2) is 49.3 Å². The highest BCUT2D eigenvalue weighted by Crippen LogP contribution is 2.26. The van der Waals surface area contributed by atoms with E-state index in [9.17, 15) is 5.11 Å². The van der Waals surface area contributed by atoms with Gasteiger partial charge < -0.3 is 15.3 Å². The summed E-state index contributed by atoms with van der Waals surface area (Å²) in [5.41, 5.74) is 0. The first-order chi connectivity index (χ1) is 7.13. The van der Waals surface area contributed by atoms with E-state index in [2.05, 4.69) is 24.2 Å². The summed E-state index contributed by atoms with van der Waals surface area (Å²) in [4.78, 5) is 2.33. The van der Waals surface area contributed by atoms with Gasteiger partial charge in [0.2, 0.25) is 0 Å². The second-order valence-electron chi connectivity index (χ2n) is 5.06. The average molecular weight is 214 g/mol. The van der Waals surface area contributed by atoms with Gasteiger partial charge in [-0.25, -0.2) is 0 Å². The predicted molar refractivity (Wildman–Crippen MR) is 64.0 cm³/mol. The van der Waals surface area contributed by atoms with Gasteiger partial charge >= 0.3 is 0 Å². The fraction of sp³-hybridized carbons (Fsp3) is 1.00. The van der Waals surface area contributed by atoms with Crippen LogP contribution < -0.4 is 5.32 Å². The van der Waals surface area contributed by atoms with Gasteiger partial charge in [-0.3, -0.25) is 0 Å². The standard InChI is InChI=1S/C12H26N2O/c1-10-4-6-11(7-5-10)14(3)9-12(15)8-13-2/h10-13,15H,4-9H2,1-3H3. The van der Waals surface area contributed by atoms with Gasteiger partial charge in [0.25, 0.3) is 0 Å². The molecule has 0 bridgehead atoms. The summed E-state index contributed by atoms with van der Waals surface area (Å²) in [5, 5.41) is 12.7. The first kappa shape index (κ1) is 12.9. The Labute approximate surface area is 93.9 Å². The molecule has 0 aromatic rings. The summed E-state index contributed by atoms with van der Waals surface area (Å²) in [6.07, 6.45) is 5.04. The molecule has 3 heteroatoms. The van der Waals surface area contributed by atoms with E-state index in [0.29, 0.717) is 12.6 Å². The second kappa shape index (κ2) is 6.46. The summed E-state index contributed by atoms with van der Waals surface area (Å²) < 4.78 is 0. The molecule has 0 radical (unpaired) electrons. The minimum absolute atomic E-state index is 0.237. The van der Waals surface area contributed by atoms with Crippen LogP contribution in [0.4, 0.5) is 0 Å². The van der Waals surface area contributed by atoms with Gasteiger partial charge in [0.05, 0.1) is 6.10 Å². The maximum atomic E-state index is 9.70. The van der Waals surface area contributed by atoms with Crippen molar-refractivity contribution in [1.82, 2.24) is 10.2 Å². The van der Waals surface area contributed by atoms with E-state index in [1.165, 1.54) is 25.7 Å². The maximum absolute atomic E-state index is 9.70. The first-order valence-electron chi connectivity index (χ1n) is 6.16. The van der Waals surface area contributed by atoms with Crippen LogP contribution in [0.5, 0.6) is 0 Å². The molecule has 1 rings (SSSR count). The first-order valence-corrected chi connectivity index (χ1v) is 6.16. The molecule has 0 saturated heterocycles. The number of aliphatic hydroxyl groups excluding tert-OH is 1. The zero-order valence-electron chi connectivity index (χ0n) is 10.4. The molecular weight excluding hydrogens is 188 g/mol. The lowest BCUT2D eigenvalue weighted by atomic mass is 9.86. The molecule has 1 fully saturated rings. The average Bonchev–Trinajstić information content (AvgIpc) is 2.18. The molecule has 0 aliphatic heterocycles. The normalized spacial score (nSPS) is 29.4. The Bertz CT molecular complexity index is 167. The zero-order valence-corrected chi connectivity index (χ0v) is 10.4. The fourth-order valence-corrected chi connectivity index (χ4v) is 2.46. The van der Waals surface area contributed by atoms with Crippen molar-refractivity contribution in [2.75, 3.05) is 27.2 Å². The number of hydrogen-bond acceptors (Lipinski definition) is 3. The quantitative estimate of drug-likeness (QED) is 0.719. The van der Waals surface area contributed by atoms with Crippen molar-refractivity contribution >= 4 is 0 Å². The van der Waals surface area contributed by atoms with Gasteiger partial charge in [-0.15, -0.1) is 0 Å². The molecule has 0 spiro atoms. The topological polar surface area (TPSA) is 35.5 Å². The van der Waals surface area contributed by atoms with Crippen LogP contribution in [0.2, 0.25) is 0 Å². The summed E-state index contributed by atoms with van der Waals surface area (Å²) in [7, 11) is 4.02. The van der Waals surface area contributed by atoms with Crippen molar-refractivity contribution in [1.29, 1.82) is 0 Å². The van der Waals surface area contributed by atoms with Crippen LogP contribution in [0, 0.1) is 5.92 Å². The Morgan fingerprint density at radius 2 is 1.93 bits per heavy atom. The van der Waals surface area contributed by atoms with Crippen LogP contribution in [0.25, 0.3) is 0 Å². The van der Waals surface area contributed by atoms with E-state index < -0.39 is 0 Å². The van der Waals surface area contributed by atoms with Gasteiger partial charge in [0.15, 0.2) is 0 Å². The van der Waals surface area contributed by atoms with E-state index in [1.54, 1.807) is 0 Å². The molecule has 1 aliphatic carbocycles. The third-order valence-electron chi connectivity index (χ3n) is 3.55. The van der Waals surface area contributed by atoms with E-state index in [0.717, 1.165) is 12.5 Å². The van der Waals surface area contributed by atoms with Crippen molar-refractivity contribution < 1.29 is 5.11 Å². The molecule has 0 aromatic heterocycles. The highest BCUT2D eigenvalue weighted by Gasteiger charge is 2.22. The Balaban J connectivity index is 2.24. The van der Waals surface area contributed by atoms with E-state index in [-0.39, 0.29) is 6.10 Å². The molecule has 90 valence electrons. The van der Waals surface area contributed by atoms with Crippen LogP contribution in [-0.2, 0) is 0 Å². The number of likely N-dealkylation sites (N-methyl/N-ethyl adjacent to an activating group) is 2. The Morgan fingerprint density at radius 3 is 2.47 bits per heavy atom. The molecule has 0 amide bonds. The monoisotopic (exact) mass is 214 g/mol. The van der Waals surface area contributed by atoms with Crippen LogP contribution in [0.1, 0.15) is 32.6 Å². The summed E-state index contributed by atoms with van der Waals surface area (Å²) >= 11 is 0. The van der Waals surface area contributed by atoms with Gasteiger partial charge in [0.1, 0.15) is 0 Å². The van der Waals surface area contributed by atoms with Crippen LogP contribution in [0.15, 0.2) is 0 Å². The van der Waals surface area contributed by atoms with Crippen molar-refractivity contribution in [3.63, 3.8) is 0 Å². The zero-order chi connectivity index (χ0) is 11.3. The maximum Gasteiger partial charge on any atom is 0.0791 e. The third kappa shape index (κ3) is 4.49. The highest BCUT2D eigenvalue weighted by atomic mass is 16.3. The van der Waals surface area contributed by atoms with Crippen molar-refractivity contribution in [3.8, 4) is 0 Å². The lowest BCUT2D eigenvalue weighted by Gasteiger charge is -2.34. The highest BCUT2D eigenvalue weighted by molar-refractivity contribution is 4.78. The lowest BCUT2D eigenvalue weighted by Crippen LogP contribution is -2.42. The summed E-state index contributed by atoms with van der Waals surface area (Å²) in [6, 6.07) is 0.688. The van der Waals surface area contributed by atoms with Gasteiger partial charge in [-0.1, -0.05) is 6.92 Å². The molecule has 1 saturated carbocycles. The molecule has 3 nitrogen and oxygen atoms in total. The Hall–Kier alpha value is -0.120. The fourth-order valence-electron chi connectivity index (χ4n) is 2.46. The molecular formula is C12H26N2O. The number of nitrogens with one attached hydrogen (secondary N) is 1. The van der Waals surface area contributed by atoms with E-state index >= 15 is 0 Å². The minimum atomic E-state index is -0.237. The molecule has 1 unspecified atom stereocenters. The number of nitrogens with zero attached hydrogens (tertiary/aromatic N) is 1. The van der Waals surface area contributed by atoms with Gasteiger partial charge in [-0.05, 0) is 45.7 Å². The van der Waals surface area contributed by atoms with E-state index in [1.807, 2.05) is 7.05 Å². The molecule has 1 atom stereocenters. The van der Waals surface area contributed by atoms with Crippen molar-refractivity contribution in [2.24, 2.45) is 5.92 Å². The van der Waals surface area contributed by atoms with Crippen molar-refractivity contribution in [3.05, 3.63) is 0 Å². The lowest BCUT2D eigenvalue weighted by molar-refractivity contribution is 0.0864. The molecule has 1 aliphatic rings. The number of aliphatic hydroxyl groups is 1. The molecule has 2 N–H and O–H groups in total. The molecule has 0 heterocycles. The number of hydrogen-bond donors (Lipinski definition) is 2. The largest absolute Gasteiger partial charge is 0.390 e. The van der Waals surface area contributed by atoms with E-state index in [4.69, 9.17) is 0 Å². The molecule has 0 aromatic carbocycles.